The number of alkyl halides is 4. The lowest BCUT2D eigenvalue weighted by atomic mass is 9.87. The van der Waals surface area contributed by atoms with E-state index in [-0.39, 0.29) is 95.0 Å². The van der Waals surface area contributed by atoms with Gasteiger partial charge < -0.3 is 58.0 Å². The Balaban J connectivity index is 0.000000213. The van der Waals surface area contributed by atoms with Crippen LogP contribution in [0.1, 0.15) is 117 Å². The van der Waals surface area contributed by atoms with Crippen molar-refractivity contribution >= 4 is 33.4 Å². The van der Waals surface area contributed by atoms with Gasteiger partial charge in [-0.05, 0) is 120 Å². The van der Waals surface area contributed by atoms with Gasteiger partial charge in [-0.1, -0.05) is 100 Å². The van der Waals surface area contributed by atoms with E-state index < -0.39 is 158 Å². The maximum atomic E-state index is 16.3. The summed E-state index contributed by atoms with van der Waals surface area (Å²) in [5.41, 5.74) is -7.80. The molecule has 20 heteroatoms. The van der Waals surface area contributed by atoms with E-state index >= 15 is 8.78 Å². The Kier molecular flexibility index (Phi) is 12.7. The molecule has 4 aliphatic rings. The van der Waals surface area contributed by atoms with E-state index in [4.69, 9.17) is 28.7 Å². The van der Waals surface area contributed by atoms with Gasteiger partial charge in [0.05, 0.1) is 86.8 Å². The molecule has 2 aromatic heterocycles. The first-order valence-corrected chi connectivity index (χ1v) is 27.7. The zero-order valence-corrected chi connectivity index (χ0v) is 47.1. The number of hydrogen-bond acceptors (Lipinski definition) is 12. The highest BCUT2D eigenvalue weighted by Crippen LogP contribution is 2.54. The Labute approximate surface area is 523 Å². The van der Waals surface area contributed by atoms with E-state index in [9.17, 15) is 47.6 Å². The van der Waals surface area contributed by atoms with Crippen molar-refractivity contribution in [2.45, 2.75) is 139 Å². The minimum Gasteiger partial charge on any atom is -0.395 e. The summed E-state index contributed by atoms with van der Waals surface area (Å²) < 4.78 is 236. The fourth-order valence-corrected chi connectivity index (χ4v) is 10.8. The molecule has 12 rings (SSSR count). The third-order valence-electron chi connectivity index (χ3n) is 15.5. The number of ketones is 2. The van der Waals surface area contributed by atoms with E-state index in [1.54, 1.807) is 0 Å². The fraction of sp³-hybridized carbons (Fsp3) is 0.382. The van der Waals surface area contributed by atoms with Crippen molar-refractivity contribution in [1.82, 2.24) is 9.13 Å². The molecule has 4 atom stereocenters. The zero-order chi connectivity index (χ0) is 74.7. The number of ether oxygens (including phenoxy) is 6. The molecule has 6 aromatic carbocycles. The third-order valence-corrected chi connectivity index (χ3v) is 15.5. The lowest BCUT2D eigenvalue weighted by Gasteiger charge is -2.28. The molecule has 4 N–H and O–H groups in total. The molecular weight excluding hydrogens is 1150 g/mol. The molecule has 88 heavy (non-hydrogen) atoms. The van der Waals surface area contributed by atoms with Crippen molar-refractivity contribution in [3.8, 4) is 23.0 Å². The minimum absolute atomic E-state index is 0.0196. The van der Waals surface area contributed by atoms with E-state index in [1.807, 2.05) is 60.7 Å². The molecule has 0 bridgehead atoms. The molecule has 2 aliphatic carbocycles. The van der Waals surface area contributed by atoms with Crippen molar-refractivity contribution in [3.63, 3.8) is 0 Å². The fourth-order valence-electron chi connectivity index (χ4n) is 10.8. The molecule has 464 valence electrons. The van der Waals surface area contributed by atoms with Crippen LogP contribution in [0.3, 0.4) is 0 Å². The summed E-state index contributed by atoms with van der Waals surface area (Å²) in [6.07, 6.45) is -23.6. The van der Waals surface area contributed by atoms with Crippen molar-refractivity contribution < 1.29 is 104 Å². The van der Waals surface area contributed by atoms with Gasteiger partial charge in [0, 0.05) is 65.0 Å². The highest BCUT2D eigenvalue weighted by atomic mass is 19.3. The van der Waals surface area contributed by atoms with Crippen molar-refractivity contribution in [3.05, 3.63) is 190 Å². The number of hydrogen-bond donors (Lipinski definition) is 4. The average molecular weight is 1230 g/mol. The Bertz CT molecular complexity index is 4510. The second-order valence-electron chi connectivity index (χ2n) is 22.4. The second kappa shape index (κ2) is 24.0. The number of aliphatic hydroxyl groups excluding tert-OH is 4. The Morgan fingerprint density at radius 3 is 1.45 bits per heavy atom. The summed E-state index contributed by atoms with van der Waals surface area (Å²) in [6.45, 7) is -5.05. The number of aromatic nitrogens is 2. The Morgan fingerprint density at radius 2 is 1.02 bits per heavy atom. The molecule has 0 saturated heterocycles. The summed E-state index contributed by atoms with van der Waals surface area (Å²) in [6, 6.07) is 31.7. The van der Waals surface area contributed by atoms with Crippen LogP contribution in [0.4, 0.5) is 26.3 Å². The van der Waals surface area contributed by atoms with Gasteiger partial charge in [-0.2, -0.15) is 0 Å². The van der Waals surface area contributed by atoms with Crippen LogP contribution in [0, 0.1) is 11.6 Å². The molecule has 2 aliphatic heterocycles. The summed E-state index contributed by atoms with van der Waals surface area (Å²) in [5.74, 6) is -5.97. The van der Waals surface area contributed by atoms with E-state index in [0.717, 1.165) is 59.7 Å². The van der Waals surface area contributed by atoms with Crippen LogP contribution < -0.4 is 18.9 Å². The van der Waals surface area contributed by atoms with E-state index in [0.29, 0.717) is 0 Å². The van der Waals surface area contributed by atoms with Gasteiger partial charge in [-0.25, -0.2) is 8.78 Å². The zero-order valence-electron chi connectivity index (χ0n) is 61.1. The predicted octanol–water partition coefficient (Wildman–Crippen LogP) is 11.6. The van der Waals surface area contributed by atoms with Crippen molar-refractivity contribution in [1.29, 1.82) is 0 Å². The number of benzene rings is 6. The van der Waals surface area contributed by atoms with Crippen LogP contribution in [-0.4, -0.2) is 92.4 Å². The number of Topliss-reactive ketones (excluding diaryl/α,β-unsaturated/α-hetero) is 2. The molecule has 0 amide bonds. The van der Waals surface area contributed by atoms with Crippen LogP contribution in [0.25, 0.3) is 21.8 Å². The number of aliphatic hydroxyl groups is 4. The highest BCUT2D eigenvalue weighted by Gasteiger charge is 2.54. The number of nitrogens with zero attached hydrogens (tertiary/aromatic N) is 2. The topological polar surface area (TPSA) is 180 Å². The van der Waals surface area contributed by atoms with Gasteiger partial charge in [-0.3, -0.25) is 9.59 Å². The second-order valence-corrected chi connectivity index (χ2v) is 22.4. The van der Waals surface area contributed by atoms with Crippen LogP contribution >= 0.6 is 0 Å². The third kappa shape index (κ3) is 12.9. The molecule has 2 fully saturated rings. The maximum absolute atomic E-state index is 16.3. The summed E-state index contributed by atoms with van der Waals surface area (Å²) in [5, 5.41) is 41.3. The van der Waals surface area contributed by atoms with Crippen LogP contribution in [0.15, 0.2) is 133 Å². The minimum atomic E-state index is -4.03. The van der Waals surface area contributed by atoms with E-state index in [1.165, 1.54) is 47.2 Å². The van der Waals surface area contributed by atoms with Crippen LogP contribution in [-0.2, 0) is 79.9 Å². The first kappa shape index (κ1) is 46.4. The Morgan fingerprint density at radius 1 is 0.591 bits per heavy atom. The Hall–Kier alpha value is -7.72. The number of fused-ring (bicyclic) bond motifs is 4. The van der Waals surface area contributed by atoms with Crippen molar-refractivity contribution in [2.75, 3.05) is 26.4 Å². The van der Waals surface area contributed by atoms with Crippen LogP contribution in [0.5, 0.6) is 23.0 Å². The number of rotatable bonds is 24. The number of carbonyl (C=O) groups is 2. The molecule has 0 spiro atoms. The lowest BCUT2D eigenvalue weighted by molar-refractivity contribution is -0.287. The van der Waals surface area contributed by atoms with E-state index in [2.05, 4.69) is 18.9 Å². The van der Waals surface area contributed by atoms with Gasteiger partial charge in [0.1, 0.15) is 23.2 Å². The first-order valence-electron chi connectivity index (χ1n) is 34.7. The predicted molar refractivity (Wildman–Crippen MR) is 313 cm³/mol. The van der Waals surface area contributed by atoms with Gasteiger partial charge in [0.2, 0.25) is 0 Å². The smallest absolute Gasteiger partial charge is 0.395 e. The monoisotopic (exact) mass is 1230 g/mol. The number of halogens is 6. The molecule has 8 aromatic rings. The summed E-state index contributed by atoms with van der Waals surface area (Å²) in [7, 11) is 0. The largest absolute Gasteiger partial charge is 0.586 e. The van der Waals surface area contributed by atoms with Crippen molar-refractivity contribution in [2.24, 2.45) is 0 Å². The first-order chi connectivity index (χ1) is 47.4. The molecular formula is C68H68F6N2O12. The van der Waals surface area contributed by atoms with Gasteiger partial charge in [0.15, 0.2) is 23.0 Å². The van der Waals surface area contributed by atoms with Gasteiger partial charge in [0.25, 0.3) is 0 Å². The van der Waals surface area contributed by atoms with Gasteiger partial charge >= 0.3 is 12.6 Å². The molecule has 2 saturated carbocycles. The lowest BCUT2D eigenvalue weighted by Crippen LogP contribution is -2.30. The molecule has 4 heterocycles. The normalized spacial score (nSPS) is 23.2. The summed E-state index contributed by atoms with van der Waals surface area (Å²) >= 11 is 0. The molecule has 0 radical (unpaired) electrons. The van der Waals surface area contributed by atoms with Crippen LogP contribution in [0.2, 0.25) is 0 Å². The standard InChI is InChI=1S/C41H40F3NO6.C27H28F3NO6/c1-39(2,26-49-24-28-11-7-4-8-12-28)37-18-30-17-29(19-38(47)40(15-16-40)31-13-14-35-36(20-31)51-41(43,44)50-35)33(42)21-34(30)45(37)22-32(46)25-48-23-27-9-5-3-6-10-27;1-25(2,14-33)23-8-16-7-15(19(28)11-20(16)31(23)12-18(34)13-32)9-24(35)26(5-6-26)17-3-4-21-22(10-17)37-27(29,30)36-21/h3-14,17-18,20-21,32,46H,15-16,19,22-26H2,1-2H3;3-4,7-8,10-11,18,32-34H,5-6,9,12-14H2,1-2H3/t32-;18-/m11/s1/i1D3,15D2,16D2;1D3,5D2,6D2/t32-,39?;18-,25?. The van der Waals surface area contributed by atoms with Gasteiger partial charge in [-0.15, -0.1) is 17.6 Å². The summed E-state index contributed by atoms with van der Waals surface area (Å²) in [4.78, 5) is 28.0. The average Bonchev–Trinajstić information content (AvgIpc) is 1.48. The SMILES string of the molecule is [2H]C([2H])([2H])C(C)(CO)c1cc2cc(CC(=O)C3(c4ccc5c(c4)OC(F)(F)O5)C([2H])([2H])C3([2H])[2H])c(F)cc2n1C[C@@H](O)CO.[2H]C([2H])([2H])C(C)(COCc1ccccc1)c1cc2cc(CC(=O)C3(c4ccc5c(c4)OC(F)(F)O5)C([2H])([2H])C3([2H])[2H])c(F)cc2n1C[C@@H](O)COCc1ccccc1. The maximum Gasteiger partial charge on any atom is 0.586 e. The molecule has 14 nitrogen and oxygen atoms in total. The number of carbonyl (C=O) groups excluding carboxylic acids is 2. The quantitative estimate of drug-likeness (QED) is 0.0421. The highest BCUT2D eigenvalue weighted by molar-refractivity contribution is 5.97. The molecule has 2 unspecified atom stereocenters.